The van der Waals surface area contributed by atoms with Gasteiger partial charge in [0.2, 0.25) is 11.8 Å². The molecule has 1 atom stereocenters. The quantitative estimate of drug-likeness (QED) is 0.202. The fourth-order valence-corrected chi connectivity index (χ4v) is 6.55. The van der Waals surface area contributed by atoms with E-state index in [9.17, 15) is 18.0 Å². The van der Waals surface area contributed by atoms with Crippen molar-refractivity contribution in [3.8, 4) is 0 Å². The molecule has 0 heterocycles. The van der Waals surface area contributed by atoms with E-state index in [1.165, 1.54) is 47.4 Å². The maximum absolute atomic E-state index is 15.1. The number of halogens is 3. The third kappa shape index (κ3) is 7.73. The number of hydrogen-bond acceptors (Lipinski definition) is 4. The van der Waals surface area contributed by atoms with Crippen molar-refractivity contribution in [2.75, 3.05) is 17.4 Å². The van der Waals surface area contributed by atoms with Gasteiger partial charge < -0.3 is 10.2 Å². The first-order valence-corrected chi connectivity index (χ1v) is 15.7. The minimum Gasteiger partial charge on any atom is -0.355 e. The average molecular weight is 643 g/mol. The Morgan fingerprint density at radius 2 is 1.42 bits per heavy atom. The van der Waals surface area contributed by atoms with Crippen LogP contribution in [0.15, 0.2) is 108 Å². The van der Waals surface area contributed by atoms with Crippen LogP contribution >= 0.6 is 23.2 Å². The number of hydrogen-bond donors (Lipinski definition) is 1. The molecule has 0 saturated carbocycles. The molecule has 7 nitrogen and oxygen atoms in total. The fraction of sp³-hybridized carbons (Fsp3) is 0.188. The summed E-state index contributed by atoms with van der Waals surface area (Å²) in [6, 6.07) is 25.6. The summed E-state index contributed by atoms with van der Waals surface area (Å²) >= 11 is 13.0. The number of benzene rings is 4. The standard InChI is InChI=1S/C32H30Cl2FN3O4S/c1-2-36-32(40)30(20-23-12-5-3-6-13-23)37(21-25-26(33)16-11-17-27(25)34)31(39)22-38(29-19-10-9-18-28(29)35)43(41,42)24-14-7-4-8-15-24/h3-19,30H,2,20-22H2,1H3,(H,36,40)/t30-/m0/s1. The Morgan fingerprint density at radius 1 is 0.837 bits per heavy atom. The molecule has 0 fully saturated rings. The van der Waals surface area contributed by atoms with Crippen LogP contribution in [0.25, 0.3) is 0 Å². The van der Waals surface area contributed by atoms with Gasteiger partial charge in [-0.05, 0) is 48.9 Å². The number of amides is 2. The lowest BCUT2D eigenvalue weighted by Crippen LogP contribution is -2.53. The fourth-order valence-electron chi connectivity index (χ4n) is 4.59. The van der Waals surface area contributed by atoms with E-state index in [0.29, 0.717) is 12.1 Å². The largest absolute Gasteiger partial charge is 0.355 e. The van der Waals surface area contributed by atoms with Gasteiger partial charge in [0.05, 0.1) is 10.6 Å². The molecule has 0 spiro atoms. The highest BCUT2D eigenvalue weighted by molar-refractivity contribution is 7.92. The van der Waals surface area contributed by atoms with Crippen LogP contribution in [-0.4, -0.2) is 44.3 Å². The smallest absolute Gasteiger partial charge is 0.264 e. The van der Waals surface area contributed by atoms with Gasteiger partial charge in [-0.1, -0.05) is 89.9 Å². The van der Waals surface area contributed by atoms with Crippen molar-refractivity contribution in [3.05, 3.63) is 130 Å². The highest BCUT2D eigenvalue weighted by Gasteiger charge is 2.35. The van der Waals surface area contributed by atoms with Gasteiger partial charge in [0.1, 0.15) is 18.4 Å². The Morgan fingerprint density at radius 3 is 2.02 bits per heavy atom. The van der Waals surface area contributed by atoms with Crippen LogP contribution < -0.4 is 9.62 Å². The van der Waals surface area contributed by atoms with E-state index in [1.807, 2.05) is 30.3 Å². The molecule has 2 amide bonds. The topological polar surface area (TPSA) is 86.8 Å². The molecule has 43 heavy (non-hydrogen) atoms. The lowest BCUT2D eigenvalue weighted by atomic mass is 10.0. The van der Waals surface area contributed by atoms with E-state index in [0.717, 1.165) is 15.9 Å². The molecular weight excluding hydrogens is 612 g/mol. The van der Waals surface area contributed by atoms with Crippen LogP contribution in [0.1, 0.15) is 18.1 Å². The van der Waals surface area contributed by atoms with E-state index in [-0.39, 0.29) is 33.6 Å². The highest BCUT2D eigenvalue weighted by atomic mass is 35.5. The molecule has 0 aliphatic carbocycles. The predicted molar refractivity (Wildman–Crippen MR) is 167 cm³/mol. The second-order valence-electron chi connectivity index (χ2n) is 9.60. The maximum atomic E-state index is 15.1. The number of likely N-dealkylation sites (N-methyl/N-ethyl adjacent to an activating group) is 1. The first-order valence-electron chi connectivity index (χ1n) is 13.5. The Balaban J connectivity index is 1.83. The average Bonchev–Trinajstić information content (AvgIpc) is 3.00. The van der Waals surface area contributed by atoms with Gasteiger partial charge in [0.25, 0.3) is 10.0 Å². The van der Waals surface area contributed by atoms with E-state index in [2.05, 4.69) is 5.32 Å². The molecule has 0 bridgehead atoms. The predicted octanol–water partition coefficient (Wildman–Crippen LogP) is 6.10. The zero-order valence-corrected chi connectivity index (χ0v) is 25.6. The molecule has 4 aromatic rings. The zero-order valence-electron chi connectivity index (χ0n) is 23.3. The summed E-state index contributed by atoms with van der Waals surface area (Å²) < 4.78 is 43.6. The van der Waals surface area contributed by atoms with Crippen LogP contribution in [0.2, 0.25) is 10.0 Å². The molecule has 224 valence electrons. The summed E-state index contributed by atoms with van der Waals surface area (Å²) in [4.78, 5) is 29.0. The Labute approximate surface area is 260 Å². The number of anilines is 1. The van der Waals surface area contributed by atoms with Crippen molar-refractivity contribution < 1.29 is 22.4 Å². The van der Waals surface area contributed by atoms with Crippen molar-refractivity contribution in [1.82, 2.24) is 10.2 Å². The minimum atomic E-state index is -4.42. The molecular formula is C32H30Cl2FN3O4S. The molecule has 11 heteroatoms. The SMILES string of the molecule is CCNC(=O)[C@H](Cc1ccccc1)N(Cc1c(Cl)cccc1Cl)C(=O)CN(c1ccccc1F)S(=O)(=O)c1ccccc1. The van der Waals surface area contributed by atoms with Crippen molar-refractivity contribution in [3.63, 3.8) is 0 Å². The second-order valence-corrected chi connectivity index (χ2v) is 12.3. The lowest BCUT2D eigenvalue weighted by Gasteiger charge is -2.34. The van der Waals surface area contributed by atoms with Crippen molar-refractivity contribution in [1.29, 1.82) is 0 Å². The third-order valence-electron chi connectivity index (χ3n) is 6.74. The minimum absolute atomic E-state index is 0.117. The monoisotopic (exact) mass is 641 g/mol. The molecule has 1 N–H and O–H groups in total. The van der Waals surface area contributed by atoms with Crippen molar-refractivity contribution in [2.45, 2.75) is 30.8 Å². The summed E-state index contributed by atoms with van der Waals surface area (Å²) in [6.45, 7) is 1.04. The summed E-state index contributed by atoms with van der Waals surface area (Å²) in [5, 5.41) is 3.31. The van der Waals surface area contributed by atoms with Gasteiger partial charge in [-0.25, -0.2) is 12.8 Å². The first kappa shape index (κ1) is 32.0. The van der Waals surface area contributed by atoms with Crippen LogP contribution in [0.3, 0.4) is 0 Å². The molecule has 0 aromatic heterocycles. The molecule has 0 aliphatic heterocycles. The molecule has 0 unspecified atom stereocenters. The normalized spacial score (nSPS) is 11.9. The highest BCUT2D eigenvalue weighted by Crippen LogP contribution is 2.29. The van der Waals surface area contributed by atoms with Gasteiger partial charge in [0, 0.05) is 35.1 Å². The summed E-state index contributed by atoms with van der Waals surface area (Å²) in [7, 11) is -4.42. The Kier molecular flexibility index (Phi) is 10.8. The van der Waals surface area contributed by atoms with E-state index in [1.54, 1.807) is 31.2 Å². The zero-order chi connectivity index (χ0) is 31.0. The van der Waals surface area contributed by atoms with Crippen LogP contribution in [-0.2, 0) is 32.6 Å². The number of para-hydroxylation sites is 1. The molecule has 4 rings (SSSR count). The number of carbonyl (C=O) groups excluding carboxylic acids is 2. The Hall–Kier alpha value is -3.92. The maximum Gasteiger partial charge on any atom is 0.264 e. The molecule has 4 aromatic carbocycles. The van der Waals surface area contributed by atoms with Gasteiger partial charge in [-0.3, -0.25) is 13.9 Å². The first-order chi connectivity index (χ1) is 20.6. The molecule has 0 radical (unpaired) electrons. The van der Waals surface area contributed by atoms with E-state index in [4.69, 9.17) is 23.2 Å². The number of carbonyl (C=O) groups is 2. The molecule has 0 aliphatic rings. The second kappa shape index (κ2) is 14.5. The van der Waals surface area contributed by atoms with Crippen LogP contribution in [0, 0.1) is 5.82 Å². The Bertz CT molecular complexity index is 1650. The van der Waals surface area contributed by atoms with Gasteiger partial charge in [0.15, 0.2) is 0 Å². The van der Waals surface area contributed by atoms with Crippen molar-refractivity contribution >= 4 is 50.7 Å². The number of nitrogens with zero attached hydrogens (tertiary/aromatic N) is 2. The van der Waals surface area contributed by atoms with Crippen LogP contribution in [0.4, 0.5) is 10.1 Å². The number of sulfonamides is 1. The lowest BCUT2D eigenvalue weighted by molar-refractivity contribution is -0.140. The summed E-state index contributed by atoms with van der Waals surface area (Å²) in [5.74, 6) is -2.04. The van der Waals surface area contributed by atoms with Gasteiger partial charge >= 0.3 is 0 Å². The van der Waals surface area contributed by atoms with Gasteiger partial charge in [-0.2, -0.15) is 0 Å². The number of nitrogens with one attached hydrogen (secondary N) is 1. The summed E-state index contributed by atoms with van der Waals surface area (Å²) in [6.07, 6.45) is 0.117. The molecule has 0 saturated heterocycles. The number of rotatable bonds is 12. The van der Waals surface area contributed by atoms with E-state index < -0.39 is 40.2 Å². The van der Waals surface area contributed by atoms with Gasteiger partial charge in [-0.15, -0.1) is 0 Å². The van der Waals surface area contributed by atoms with E-state index >= 15 is 4.39 Å². The van der Waals surface area contributed by atoms with Crippen LogP contribution in [0.5, 0.6) is 0 Å². The third-order valence-corrected chi connectivity index (χ3v) is 9.23. The summed E-state index contributed by atoms with van der Waals surface area (Å²) in [5.41, 5.74) is 0.836. The van der Waals surface area contributed by atoms with Crippen molar-refractivity contribution in [2.24, 2.45) is 0 Å².